The van der Waals surface area contributed by atoms with Crippen molar-refractivity contribution in [1.29, 1.82) is 0 Å². The molecule has 0 aromatic heterocycles. The number of aliphatic imine (C=N–C) groups is 1. The van der Waals surface area contributed by atoms with E-state index in [-0.39, 0.29) is 5.91 Å². The van der Waals surface area contributed by atoms with Crippen LogP contribution in [0, 0.1) is 0 Å². The Morgan fingerprint density at radius 1 is 1.47 bits per heavy atom. The van der Waals surface area contributed by atoms with Gasteiger partial charge in [0, 0.05) is 21.1 Å². The van der Waals surface area contributed by atoms with Crippen LogP contribution >= 0.6 is 11.6 Å². The molecule has 0 heterocycles. The van der Waals surface area contributed by atoms with Gasteiger partial charge in [-0.15, -0.1) is 0 Å². The van der Waals surface area contributed by atoms with Crippen LogP contribution < -0.4 is 0 Å². The number of allylic oxidation sites excluding steroid dienone is 2. The van der Waals surface area contributed by atoms with E-state index in [0.717, 1.165) is 0 Å². The highest BCUT2D eigenvalue weighted by molar-refractivity contribution is 6.33. The molecule has 0 N–H and O–H groups in total. The van der Waals surface area contributed by atoms with Crippen LogP contribution in [0.3, 0.4) is 0 Å². The lowest BCUT2D eigenvalue weighted by Gasteiger charge is -2.28. The molecule has 1 aliphatic carbocycles. The summed E-state index contributed by atoms with van der Waals surface area (Å²) in [6.45, 7) is 1.37. The Labute approximate surface area is 93.2 Å². The molecule has 0 radical (unpaired) electrons. The van der Waals surface area contributed by atoms with E-state index in [9.17, 15) is 4.79 Å². The second kappa shape index (κ2) is 4.70. The number of hydrogen-bond donors (Lipinski definition) is 0. The molecule has 1 rings (SSSR count). The average molecular weight is 230 g/mol. The molecule has 0 saturated heterocycles. The Kier molecular flexibility index (Phi) is 3.79. The Hall–Kier alpha value is -0.970. The SMILES string of the molecule is COC1(OC)C=CC(=NC(C)=O)C=C1Cl. The van der Waals surface area contributed by atoms with Gasteiger partial charge < -0.3 is 9.47 Å². The standard InChI is InChI=1S/C10H12ClNO3/c1-7(13)12-8-4-5-10(14-2,15-3)9(11)6-8/h4-6H,1-3H3. The zero-order valence-corrected chi connectivity index (χ0v) is 9.54. The molecule has 4 nitrogen and oxygen atoms in total. The molecule has 0 saturated carbocycles. The van der Waals surface area contributed by atoms with Crippen LogP contribution in [0.1, 0.15) is 6.92 Å². The second-order valence-corrected chi connectivity index (χ2v) is 3.36. The Bertz CT molecular complexity index is 354. The molecule has 0 bridgehead atoms. The van der Waals surface area contributed by atoms with Crippen molar-refractivity contribution in [3.05, 3.63) is 23.3 Å². The molecule has 0 unspecified atom stereocenters. The number of amides is 1. The first kappa shape index (κ1) is 12.1. The zero-order chi connectivity index (χ0) is 11.5. The summed E-state index contributed by atoms with van der Waals surface area (Å²) in [5, 5.41) is 0.329. The van der Waals surface area contributed by atoms with Crippen LogP contribution in [0.15, 0.2) is 28.3 Å². The minimum Gasteiger partial charge on any atom is -0.345 e. The summed E-state index contributed by atoms with van der Waals surface area (Å²) in [7, 11) is 2.97. The molecule has 0 atom stereocenters. The number of hydrogen-bond acceptors (Lipinski definition) is 3. The van der Waals surface area contributed by atoms with E-state index in [1.807, 2.05) is 0 Å². The molecule has 0 aliphatic heterocycles. The van der Waals surface area contributed by atoms with Gasteiger partial charge in [-0.2, -0.15) is 0 Å². The van der Waals surface area contributed by atoms with E-state index in [4.69, 9.17) is 21.1 Å². The fourth-order valence-corrected chi connectivity index (χ4v) is 1.55. The smallest absolute Gasteiger partial charge is 0.243 e. The molecule has 0 aromatic carbocycles. The molecule has 0 aromatic rings. The summed E-state index contributed by atoms with van der Waals surface area (Å²) in [6.07, 6.45) is 4.77. The highest BCUT2D eigenvalue weighted by atomic mass is 35.5. The topological polar surface area (TPSA) is 47.9 Å². The highest BCUT2D eigenvalue weighted by Gasteiger charge is 2.33. The predicted octanol–water partition coefficient (Wildman–Crippen LogP) is 1.66. The lowest BCUT2D eigenvalue weighted by molar-refractivity contribution is -0.136. The summed E-state index contributed by atoms with van der Waals surface area (Å²) >= 11 is 5.99. The third-order valence-corrected chi connectivity index (χ3v) is 2.35. The minimum absolute atomic E-state index is 0.280. The lowest BCUT2D eigenvalue weighted by atomic mass is 10.1. The maximum Gasteiger partial charge on any atom is 0.243 e. The van der Waals surface area contributed by atoms with Gasteiger partial charge in [0.05, 0.1) is 10.7 Å². The molecular formula is C10H12ClNO3. The van der Waals surface area contributed by atoms with Crippen molar-refractivity contribution in [1.82, 2.24) is 0 Å². The van der Waals surface area contributed by atoms with Crippen molar-refractivity contribution in [3.63, 3.8) is 0 Å². The second-order valence-electron chi connectivity index (χ2n) is 2.96. The van der Waals surface area contributed by atoms with Gasteiger partial charge in [-0.1, -0.05) is 11.6 Å². The lowest BCUT2D eigenvalue weighted by Crippen LogP contribution is -2.34. The van der Waals surface area contributed by atoms with Crippen LogP contribution in [-0.2, 0) is 14.3 Å². The first-order valence-corrected chi connectivity index (χ1v) is 4.68. The van der Waals surface area contributed by atoms with Gasteiger partial charge in [-0.05, 0) is 18.2 Å². The summed E-state index contributed by atoms with van der Waals surface area (Å²) in [4.78, 5) is 14.5. The van der Waals surface area contributed by atoms with E-state index in [1.165, 1.54) is 27.2 Å². The average Bonchev–Trinajstić information content (AvgIpc) is 2.18. The molecule has 82 valence electrons. The minimum atomic E-state index is -1.06. The van der Waals surface area contributed by atoms with Crippen molar-refractivity contribution in [3.8, 4) is 0 Å². The largest absolute Gasteiger partial charge is 0.345 e. The fourth-order valence-electron chi connectivity index (χ4n) is 1.22. The van der Waals surface area contributed by atoms with Crippen molar-refractivity contribution in [2.45, 2.75) is 12.7 Å². The van der Waals surface area contributed by atoms with Gasteiger partial charge in [0.2, 0.25) is 11.7 Å². The van der Waals surface area contributed by atoms with Crippen molar-refractivity contribution < 1.29 is 14.3 Å². The van der Waals surface area contributed by atoms with Crippen molar-refractivity contribution >= 4 is 23.2 Å². The van der Waals surface area contributed by atoms with Crippen molar-refractivity contribution in [2.75, 3.05) is 14.2 Å². The van der Waals surface area contributed by atoms with E-state index in [1.54, 1.807) is 12.2 Å². The van der Waals surface area contributed by atoms with Crippen LogP contribution in [0.4, 0.5) is 0 Å². The van der Waals surface area contributed by atoms with Crippen LogP contribution in [0.2, 0.25) is 0 Å². The monoisotopic (exact) mass is 229 g/mol. The van der Waals surface area contributed by atoms with Crippen molar-refractivity contribution in [2.24, 2.45) is 4.99 Å². The van der Waals surface area contributed by atoms with Crippen LogP contribution in [0.5, 0.6) is 0 Å². The third-order valence-electron chi connectivity index (χ3n) is 1.97. The van der Waals surface area contributed by atoms with Gasteiger partial charge in [0.1, 0.15) is 0 Å². The number of carbonyl (C=O) groups is 1. The summed E-state index contributed by atoms with van der Waals surface area (Å²) in [5.74, 6) is -1.34. The number of nitrogens with zero attached hydrogens (tertiary/aromatic N) is 1. The zero-order valence-electron chi connectivity index (χ0n) is 8.78. The van der Waals surface area contributed by atoms with E-state index >= 15 is 0 Å². The molecule has 0 fully saturated rings. The highest BCUT2D eigenvalue weighted by Crippen LogP contribution is 2.30. The maximum atomic E-state index is 10.8. The quantitative estimate of drug-likeness (QED) is 0.677. The van der Waals surface area contributed by atoms with Gasteiger partial charge in [-0.3, -0.25) is 4.79 Å². The Balaban J connectivity index is 3.02. The van der Waals surface area contributed by atoms with E-state index < -0.39 is 5.79 Å². The normalized spacial score (nSPS) is 21.6. The van der Waals surface area contributed by atoms with Gasteiger partial charge >= 0.3 is 0 Å². The fraction of sp³-hybridized carbons (Fsp3) is 0.400. The summed E-state index contributed by atoms with van der Waals surface area (Å²) in [6, 6.07) is 0. The third kappa shape index (κ3) is 2.53. The van der Waals surface area contributed by atoms with E-state index in [2.05, 4.69) is 4.99 Å². The number of carbonyl (C=O) groups excluding carboxylic acids is 1. The van der Waals surface area contributed by atoms with Gasteiger partial charge in [0.15, 0.2) is 0 Å². The molecule has 15 heavy (non-hydrogen) atoms. The predicted molar refractivity (Wildman–Crippen MR) is 57.9 cm³/mol. The van der Waals surface area contributed by atoms with Gasteiger partial charge in [0.25, 0.3) is 0 Å². The molecule has 1 aliphatic rings. The number of halogens is 1. The number of ether oxygens (including phenoxy) is 2. The Morgan fingerprint density at radius 3 is 2.47 bits per heavy atom. The van der Waals surface area contributed by atoms with Crippen LogP contribution in [0.25, 0.3) is 0 Å². The molecule has 1 amide bonds. The molecule has 5 heteroatoms. The number of methoxy groups -OCH3 is 2. The van der Waals surface area contributed by atoms with Crippen LogP contribution in [-0.4, -0.2) is 31.6 Å². The first-order valence-electron chi connectivity index (χ1n) is 4.30. The van der Waals surface area contributed by atoms with Gasteiger partial charge in [-0.25, -0.2) is 4.99 Å². The Morgan fingerprint density at radius 2 is 2.07 bits per heavy atom. The summed E-state index contributed by atoms with van der Waals surface area (Å²) < 4.78 is 10.3. The number of rotatable bonds is 2. The maximum absolute atomic E-state index is 10.8. The molecular weight excluding hydrogens is 218 g/mol. The summed E-state index contributed by atoms with van der Waals surface area (Å²) in [5.41, 5.74) is 0.484. The van der Waals surface area contributed by atoms with E-state index in [0.29, 0.717) is 10.7 Å². The first-order chi connectivity index (χ1) is 7.04. The molecule has 0 spiro atoms.